The van der Waals surface area contributed by atoms with Crippen molar-refractivity contribution in [1.29, 1.82) is 0 Å². The zero-order chi connectivity index (χ0) is 18.7. The Hall–Kier alpha value is -2.32. The zero-order valence-corrected chi connectivity index (χ0v) is 16.1. The molecule has 1 aromatic heterocycles. The van der Waals surface area contributed by atoms with Gasteiger partial charge in [0, 0.05) is 10.0 Å². The third kappa shape index (κ3) is 4.08. The van der Waals surface area contributed by atoms with Crippen molar-refractivity contribution in [3.05, 3.63) is 63.1 Å². The van der Waals surface area contributed by atoms with Gasteiger partial charge >= 0.3 is 5.97 Å². The van der Waals surface area contributed by atoms with Crippen LogP contribution in [0, 0.1) is 5.82 Å². The predicted octanol–water partition coefficient (Wildman–Crippen LogP) is 3.91. The van der Waals surface area contributed by atoms with Crippen LogP contribution < -0.4 is 4.80 Å². The highest BCUT2D eigenvalue weighted by atomic mass is 79.9. The zero-order valence-electron chi connectivity index (χ0n) is 13.7. The Morgan fingerprint density at radius 3 is 2.81 bits per heavy atom. The Labute approximate surface area is 160 Å². The van der Waals surface area contributed by atoms with E-state index in [0.29, 0.717) is 4.80 Å². The minimum atomic E-state index is -0.576. The van der Waals surface area contributed by atoms with Crippen molar-refractivity contribution in [2.45, 2.75) is 13.5 Å². The summed E-state index contributed by atoms with van der Waals surface area (Å²) in [5, 5.41) is 0. The Morgan fingerprint density at radius 2 is 2.08 bits per heavy atom. The number of ether oxygens (including phenoxy) is 1. The van der Waals surface area contributed by atoms with Gasteiger partial charge in [0.15, 0.2) is 4.80 Å². The minimum absolute atomic E-state index is 0.0647. The smallest absolute Gasteiger partial charge is 0.326 e. The maximum atomic E-state index is 13.4. The molecule has 0 N–H and O–H groups in total. The summed E-state index contributed by atoms with van der Waals surface area (Å²) >= 11 is 4.67. The van der Waals surface area contributed by atoms with Gasteiger partial charge in [0.2, 0.25) is 0 Å². The Morgan fingerprint density at radius 1 is 1.27 bits per heavy atom. The van der Waals surface area contributed by atoms with Gasteiger partial charge in [0.1, 0.15) is 12.4 Å². The van der Waals surface area contributed by atoms with Crippen LogP contribution in [-0.4, -0.2) is 23.1 Å². The van der Waals surface area contributed by atoms with Gasteiger partial charge in [-0.3, -0.25) is 9.59 Å². The van der Waals surface area contributed by atoms with Crippen LogP contribution in [0.3, 0.4) is 0 Å². The molecule has 3 rings (SSSR count). The number of thiazole rings is 1. The van der Waals surface area contributed by atoms with Crippen molar-refractivity contribution >= 4 is 49.4 Å². The fourth-order valence-corrected chi connectivity index (χ4v) is 3.97. The maximum Gasteiger partial charge on any atom is 0.326 e. The number of aromatic nitrogens is 1. The molecule has 134 valence electrons. The van der Waals surface area contributed by atoms with Crippen LogP contribution >= 0.6 is 27.3 Å². The first kappa shape index (κ1) is 18.5. The molecule has 0 radical (unpaired) electrons. The number of carbonyl (C=O) groups is 2. The van der Waals surface area contributed by atoms with E-state index in [0.717, 1.165) is 20.8 Å². The second kappa shape index (κ2) is 7.92. The molecule has 0 aliphatic carbocycles. The van der Waals surface area contributed by atoms with E-state index in [-0.39, 0.29) is 18.7 Å². The second-order valence-corrected chi connectivity index (χ2v) is 7.24. The number of fused-ring (bicyclic) bond motifs is 1. The normalized spacial score (nSPS) is 11.7. The van der Waals surface area contributed by atoms with E-state index in [4.69, 9.17) is 4.74 Å². The Bertz CT molecular complexity index is 1060. The topological polar surface area (TPSA) is 60.7 Å². The fraction of sp³-hybridized carbons (Fsp3) is 0.167. The van der Waals surface area contributed by atoms with Crippen molar-refractivity contribution < 1.29 is 18.7 Å². The SMILES string of the molecule is CCOC(=O)Cn1c(=NC(=O)c2cccc(F)c2)sc2cc(Br)ccc21. The molecule has 3 aromatic rings. The lowest BCUT2D eigenvalue weighted by atomic mass is 10.2. The highest BCUT2D eigenvalue weighted by Gasteiger charge is 2.13. The van der Waals surface area contributed by atoms with Gasteiger partial charge in [0.25, 0.3) is 5.91 Å². The summed E-state index contributed by atoms with van der Waals surface area (Å²) in [5.74, 6) is -1.51. The van der Waals surface area contributed by atoms with E-state index < -0.39 is 17.7 Å². The summed E-state index contributed by atoms with van der Waals surface area (Å²) in [6, 6.07) is 10.9. The maximum absolute atomic E-state index is 13.4. The van der Waals surface area contributed by atoms with Gasteiger partial charge in [0.05, 0.1) is 16.8 Å². The van der Waals surface area contributed by atoms with Crippen LogP contribution in [0.4, 0.5) is 4.39 Å². The lowest BCUT2D eigenvalue weighted by Crippen LogP contribution is -2.23. The van der Waals surface area contributed by atoms with Crippen molar-refractivity contribution in [3.8, 4) is 0 Å². The number of hydrogen-bond donors (Lipinski definition) is 0. The lowest BCUT2D eigenvalue weighted by molar-refractivity contribution is -0.143. The minimum Gasteiger partial charge on any atom is -0.465 e. The number of rotatable bonds is 4. The Kier molecular flexibility index (Phi) is 5.63. The number of carbonyl (C=O) groups excluding carboxylic acids is 2. The fourth-order valence-electron chi connectivity index (χ4n) is 2.39. The first-order chi connectivity index (χ1) is 12.5. The molecule has 0 saturated carbocycles. The van der Waals surface area contributed by atoms with Crippen molar-refractivity contribution in [1.82, 2.24) is 4.57 Å². The van der Waals surface area contributed by atoms with E-state index in [1.54, 1.807) is 11.5 Å². The quantitative estimate of drug-likeness (QED) is 0.582. The summed E-state index contributed by atoms with van der Waals surface area (Å²) in [4.78, 5) is 28.8. The molecule has 0 saturated heterocycles. The summed E-state index contributed by atoms with van der Waals surface area (Å²) in [6.07, 6.45) is 0. The van der Waals surface area contributed by atoms with Crippen LogP contribution in [0.1, 0.15) is 17.3 Å². The van der Waals surface area contributed by atoms with Gasteiger partial charge in [-0.15, -0.1) is 0 Å². The molecule has 0 bridgehead atoms. The number of amides is 1. The average molecular weight is 437 g/mol. The van der Waals surface area contributed by atoms with Crippen LogP contribution in [0.5, 0.6) is 0 Å². The van der Waals surface area contributed by atoms with Crippen LogP contribution in [0.25, 0.3) is 10.2 Å². The molecule has 1 heterocycles. The first-order valence-electron chi connectivity index (χ1n) is 7.77. The first-order valence-corrected chi connectivity index (χ1v) is 9.38. The van der Waals surface area contributed by atoms with E-state index in [9.17, 15) is 14.0 Å². The van der Waals surface area contributed by atoms with Crippen molar-refractivity contribution in [3.63, 3.8) is 0 Å². The van der Waals surface area contributed by atoms with Gasteiger partial charge in [-0.05, 0) is 43.3 Å². The van der Waals surface area contributed by atoms with E-state index in [1.165, 1.54) is 29.5 Å². The van der Waals surface area contributed by atoms with Crippen molar-refractivity contribution in [2.75, 3.05) is 6.61 Å². The highest BCUT2D eigenvalue weighted by Crippen LogP contribution is 2.22. The number of esters is 1. The molecule has 0 aliphatic rings. The molecule has 8 heteroatoms. The summed E-state index contributed by atoms with van der Waals surface area (Å²) in [5.41, 5.74) is 0.906. The highest BCUT2D eigenvalue weighted by molar-refractivity contribution is 9.10. The Balaban J connectivity index is 2.11. The second-order valence-electron chi connectivity index (χ2n) is 5.32. The summed E-state index contributed by atoms with van der Waals surface area (Å²) in [6.45, 7) is 1.93. The predicted molar refractivity (Wildman–Crippen MR) is 100 cm³/mol. The van der Waals surface area contributed by atoms with Crippen molar-refractivity contribution in [2.24, 2.45) is 4.99 Å². The van der Waals surface area contributed by atoms with Crippen LogP contribution in [-0.2, 0) is 16.1 Å². The number of nitrogens with zero attached hydrogens (tertiary/aromatic N) is 2. The standard InChI is InChI=1S/C18H14BrFN2O3S/c1-2-25-16(23)10-22-14-7-6-12(19)9-15(14)26-18(22)21-17(24)11-4-3-5-13(20)8-11/h3-9H,2,10H2,1H3. The molecular weight excluding hydrogens is 423 g/mol. The largest absolute Gasteiger partial charge is 0.465 e. The molecular formula is C18H14BrFN2O3S. The summed E-state index contributed by atoms with van der Waals surface area (Å²) < 4.78 is 21.7. The van der Waals surface area contributed by atoms with E-state index >= 15 is 0 Å². The number of benzene rings is 2. The monoisotopic (exact) mass is 436 g/mol. The average Bonchev–Trinajstić information content (AvgIpc) is 2.91. The lowest BCUT2D eigenvalue weighted by Gasteiger charge is -2.05. The molecule has 0 aliphatic heterocycles. The molecule has 2 aromatic carbocycles. The van der Waals surface area contributed by atoms with Gasteiger partial charge in [-0.1, -0.05) is 33.3 Å². The van der Waals surface area contributed by atoms with Gasteiger partial charge in [-0.25, -0.2) is 4.39 Å². The number of halogens is 2. The van der Waals surface area contributed by atoms with E-state index in [2.05, 4.69) is 20.9 Å². The molecule has 1 amide bonds. The summed E-state index contributed by atoms with van der Waals surface area (Å²) in [7, 11) is 0. The third-order valence-corrected chi connectivity index (χ3v) is 5.04. The van der Waals surface area contributed by atoms with Crippen LogP contribution in [0.2, 0.25) is 0 Å². The van der Waals surface area contributed by atoms with Gasteiger partial charge in [-0.2, -0.15) is 4.99 Å². The van der Waals surface area contributed by atoms with Gasteiger partial charge < -0.3 is 9.30 Å². The van der Waals surface area contributed by atoms with Crippen LogP contribution in [0.15, 0.2) is 51.9 Å². The molecule has 0 unspecified atom stereocenters. The molecule has 5 nitrogen and oxygen atoms in total. The third-order valence-electron chi connectivity index (χ3n) is 3.51. The number of hydrogen-bond acceptors (Lipinski definition) is 4. The van der Waals surface area contributed by atoms with E-state index in [1.807, 2.05) is 18.2 Å². The molecule has 0 atom stereocenters. The molecule has 0 spiro atoms. The molecule has 26 heavy (non-hydrogen) atoms. The molecule has 0 fully saturated rings.